The van der Waals surface area contributed by atoms with E-state index in [4.69, 9.17) is 5.11 Å². The van der Waals surface area contributed by atoms with Crippen LogP contribution >= 0.6 is 0 Å². The molecule has 18 heavy (non-hydrogen) atoms. The first-order valence-electron chi connectivity index (χ1n) is 6.54. The highest BCUT2D eigenvalue weighted by atomic mass is 16.4. The van der Waals surface area contributed by atoms with Crippen LogP contribution in [0.2, 0.25) is 0 Å². The number of carboxylic acid groups (broad SMARTS) is 1. The first kappa shape index (κ1) is 14.7. The Morgan fingerprint density at radius 3 is 2.28 bits per heavy atom. The van der Waals surface area contributed by atoms with Gasteiger partial charge in [-0.15, -0.1) is 0 Å². The van der Waals surface area contributed by atoms with Crippen LogP contribution in [0.3, 0.4) is 0 Å². The molecule has 0 aromatic heterocycles. The molecular weight excluding hydrogens is 226 g/mol. The number of rotatable bonds is 7. The summed E-state index contributed by atoms with van der Waals surface area (Å²) in [7, 11) is 0. The lowest BCUT2D eigenvalue weighted by atomic mass is 10.0. The third kappa shape index (κ3) is 5.32. The van der Waals surface area contributed by atoms with Gasteiger partial charge in [0.25, 0.3) is 0 Å². The van der Waals surface area contributed by atoms with Gasteiger partial charge in [0.1, 0.15) is 0 Å². The maximum absolute atomic E-state index is 10.7. The zero-order valence-corrected chi connectivity index (χ0v) is 11.4. The Bertz CT molecular complexity index is 371. The second kappa shape index (κ2) is 7.17. The van der Waals surface area contributed by atoms with Crippen LogP contribution in [0.15, 0.2) is 24.3 Å². The quantitative estimate of drug-likeness (QED) is 0.779. The molecule has 1 unspecified atom stereocenters. The SMILES string of the molecule is CC(C)CCC(C)NCc1ccc(C(=O)O)cc1. The van der Waals surface area contributed by atoms with E-state index in [-0.39, 0.29) is 0 Å². The van der Waals surface area contributed by atoms with E-state index in [9.17, 15) is 4.79 Å². The van der Waals surface area contributed by atoms with Gasteiger partial charge in [-0.25, -0.2) is 4.79 Å². The van der Waals surface area contributed by atoms with Gasteiger partial charge in [-0.1, -0.05) is 26.0 Å². The van der Waals surface area contributed by atoms with Crippen molar-refractivity contribution in [1.29, 1.82) is 0 Å². The topological polar surface area (TPSA) is 49.3 Å². The predicted molar refractivity (Wildman–Crippen MR) is 73.8 cm³/mol. The van der Waals surface area contributed by atoms with E-state index in [1.54, 1.807) is 12.1 Å². The van der Waals surface area contributed by atoms with Crippen LogP contribution in [-0.2, 0) is 6.54 Å². The number of hydrogen-bond donors (Lipinski definition) is 2. The smallest absolute Gasteiger partial charge is 0.335 e. The van der Waals surface area contributed by atoms with Crippen molar-refractivity contribution in [3.05, 3.63) is 35.4 Å². The number of carboxylic acids is 1. The van der Waals surface area contributed by atoms with E-state index in [1.807, 2.05) is 12.1 Å². The van der Waals surface area contributed by atoms with Gasteiger partial charge in [0.15, 0.2) is 0 Å². The molecule has 0 aliphatic carbocycles. The largest absolute Gasteiger partial charge is 0.478 e. The summed E-state index contributed by atoms with van der Waals surface area (Å²) in [4.78, 5) is 10.7. The van der Waals surface area contributed by atoms with Gasteiger partial charge in [0, 0.05) is 12.6 Å². The predicted octanol–water partition coefficient (Wildman–Crippen LogP) is 3.30. The Kier molecular flexibility index (Phi) is 5.86. The van der Waals surface area contributed by atoms with Gasteiger partial charge in [-0.3, -0.25) is 0 Å². The van der Waals surface area contributed by atoms with Crippen molar-refractivity contribution in [2.24, 2.45) is 5.92 Å². The second-order valence-corrected chi connectivity index (χ2v) is 5.26. The molecule has 0 aliphatic rings. The van der Waals surface area contributed by atoms with Gasteiger partial charge in [-0.2, -0.15) is 0 Å². The van der Waals surface area contributed by atoms with Crippen LogP contribution in [0.4, 0.5) is 0 Å². The van der Waals surface area contributed by atoms with Gasteiger partial charge in [0.05, 0.1) is 5.56 Å². The number of hydrogen-bond acceptors (Lipinski definition) is 2. The molecule has 0 bridgehead atoms. The molecule has 0 fully saturated rings. The molecule has 1 aromatic carbocycles. The Morgan fingerprint density at radius 2 is 1.78 bits per heavy atom. The van der Waals surface area contributed by atoms with E-state index < -0.39 is 5.97 Å². The molecule has 1 rings (SSSR count). The van der Waals surface area contributed by atoms with Crippen molar-refractivity contribution < 1.29 is 9.90 Å². The summed E-state index contributed by atoms with van der Waals surface area (Å²) in [6, 6.07) is 7.53. The fraction of sp³-hybridized carbons (Fsp3) is 0.533. The molecular formula is C15H23NO2. The fourth-order valence-corrected chi connectivity index (χ4v) is 1.74. The molecule has 1 aromatic rings. The highest BCUT2D eigenvalue weighted by Crippen LogP contribution is 2.08. The Balaban J connectivity index is 2.36. The monoisotopic (exact) mass is 249 g/mol. The minimum atomic E-state index is -0.875. The van der Waals surface area contributed by atoms with Crippen molar-refractivity contribution in [2.75, 3.05) is 0 Å². The Hall–Kier alpha value is -1.35. The van der Waals surface area contributed by atoms with Crippen molar-refractivity contribution >= 4 is 5.97 Å². The van der Waals surface area contributed by atoms with Crippen molar-refractivity contribution in [2.45, 2.75) is 46.2 Å². The molecule has 3 heteroatoms. The second-order valence-electron chi connectivity index (χ2n) is 5.26. The van der Waals surface area contributed by atoms with Crippen molar-refractivity contribution in [3.63, 3.8) is 0 Å². The Morgan fingerprint density at radius 1 is 1.17 bits per heavy atom. The van der Waals surface area contributed by atoms with Crippen LogP contribution in [0.25, 0.3) is 0 Å². The van der Waals surface area contributed by atoms with Crippen LogP contribution in [0, 0.1) is 5.92 Å². The summed E-state index contributed by atoms with van der Waals surface area (Å²) in [5.74, 6) is -0.135. The molecule has 1 atom stereocenters. The molecule has 0 heterocycles. The van der Waals surface area contributed by atoms with Gasteiger partial charge >= 0.3 is 5.97 Å². The molecule has 0 saturated heterocycles. The zero-order valence-electron chi connectivity index (χ0n) is 11.4. The molecule has 0 spiro atoms. The molecule has 0 aliphatic heterocycles. The first-order valence-corrected chi connectivity index (χ1v) is 6.54. The van der Waals surface area contributed by atoms with Gasteiger partial charge in [0.2, 0.25) is 0 Å². The van der Waals surface area contributed by atoms with Crippen molar-refractivity contribution in [3.8, 4) is 0 Å². The summed E-state index contributed by atoms with van der Waals surface area (Å²) >= 11 is 0. The van der Waals surface area contributed by atoms with Crippen LogP contribution in [0.1, 0.15) is 49.5 Å². The zero-order chi connectivity index (χ0) is 13.5. The van der Waals surface area contributed by atoms with E-state index in [0.717, 1.165) is 18.0 Å². The van der Waals surface area contributed by atoms with Crippen LogP contribution < -0.4 is 5.32 Å². The molecule has 0 amide bonds. The lowest BCUT2D eigenvalue weighted by Crippen LogP contribution is -2.25. The lowest BCUT2D eigenvalue weighted by Gasteiger charge is -2.15. The maximum atomic E-state index is 10.7. The number of nitrogens with one attached hydrogen (secondary N) is 1. The number of carbonyl (C=O) groups is 1. The molecule has 3 nitrogen and oxygen atoms in total. The average Bonchev–Trinajstić information content (AvgIpc) is 2.34. The van der Waals surface area contributed by atoms with E-state index in [2.05, 4.69) is 26.1 Å². The highest BCUT2D eigenvalue weighted by molar-refractivity contribution is 5.87. The third-order valence-electron chi connectivity index (χ3n) is 3.03. The van der Waals surface area contributed by atoms with E-state index in [1.165, 1.54) is 12.8 Å². The number of aromatic carboxylic acids is 1. The summed E-state index contributed by atoms with van der Waals surface area (Å²) in [5.41, 5.74) is 1.46. The first-order chi connectivity index (χ1) is 8.49. The summed E-state index contributed by atoms with van der Waals surface area (Å²) in [6.07, 6.45) is 2.40. The van der Waals surface area contributed by atoms with Crippen LogP contribution in [0.5, 0.6) is 0 Å². The normalized spacial score (nSPS) is 12.7. The van der Waals surface area contributed by atoms with E-state index in [0.29, 0.717) is 11.6 Å². The maximum Gasteiger partial charge on any atom is 0.335 e. The summed E-state index contributed by atoms with van der Waals surface area (Å²) in [5, 5.41) is 12.3. The highest BCUT2D eigenvalue weighted by Gasteiger charge is 2.04. The Labute approximate surface area is 109 Å². The van der Waals surface area contributed by atoms with Gasteiger partial charge in [-0.05, 0) is 43.4 Å². The van der Waals surface area contributed by atoms with Crippen LogP contribution in [-0.4, -0.2) is 17.1 Å². The van der Waals surface area contributed by atoms with Gasteiger partial charge < -0.3 is 10.4 Å². The minimum Gasteiger partial charge on any atom is -0.478 e. The molecule has 2 N–H and O–H groups in total. The van der Waals surface area contributed by atoms with Crippen molar-refractivity contribution in [1.82, 2.24) is 5.32 Å². The molecule has 100 valence electrons. The fourth-order valence-electron chi connectivity index (χ4n) is 1.74. The minimum absolute atomic E-state index is 0.339. The molecule has 0 saturated carbocycles. The standard InChI is InChI=1S/C15H23NO2/c1-11(2)4-5-12(3)16-10-13-6-8-14(9-7-13)15(17)18/h6-9,11-12,16H,4-5,10H2,1-3H3,(H,17,18). The third-order valence-corrected chi connectivity index (χ3v) is 3.03. The van der Waals surface area contributed by atoms with E-state index >= 15 is 0 Å². The summed E-state index contributed by atoms with van der Waals surface area (Å²) < 4.78 is 0. The number of benzene rings is 1. The summed E-state index contributed by atoms with van der Waals surface area (Å²) in [6.45, 7) is 7.45. The average molecular weight is 249 g/mol. The molecule has 0 radical (unpaired) electrons. The lowest BCUT2D eigenvalue weighted by molar-refractivity contribution is 0.0697.